The first-order valence-corrected chi connectivity index (χ1v) is 6.46. The molecule has 0 N–H and O–H groups in total. The Morgan fingerprint density at radius 3 is 2.74 bits per heavy atom. The van der Waals surface area contributed by atoms with Crippen molar-refractivity contribution in [3.8, 4) is 0 Å². The van der Waals surface area contributed by atoms with Crippen molar-refractivity contribution in [2.24, 2.45) is 0 Å². The van der Waals surface area contributed by atoms with Gasteiger partial charge in [0, 0.05) is 23.2 Å². The van der Waals surface area contributed by atoms with Crippen molar-refractivity contribution in [3.05, 3.63) is 45.2 Å². The van der Waals surface area contributed by atoms with Crippen LogP contribution in [0.1, 0.15) is 24.2 Å². The molecule has 0 saturated carbocycles. The minimum absolute atomic E-state index is 0.0542. The van der Waals surface area contributed by atoms with Crippen LogP contribution in [0.25, 0.3) is 10.9 Å². The fourth-order valence-corrected chi connectivity index (χ4v) is 2.15. The average Bonchev–Trinajstić information content (AvgIpc) is 2.39. The Labute approximate surface area is 115 Å². The maximum Gasteiger partial charge on any atom is 0.343 e. The van der Waals surface area contributed by atoms with Gasteiger partial charge in [0.15, 0.2) is 0 Å². The monoisotopic (exact) mass is 279 g/mol. The van der Waals surface area contributed by atoms with Crippen LogP contribution in [0.3, 0.4) is 0 Å². The average molecular weight is 280 g/mol. The van der Waals surface area contributed by atoms with Gasteiger partial charge >= 0.3 is 5.97 Å². The molecule has 0 aliphatic carbocycles. The number of rotatable bonds is 3. The predicted octanol–water partition coefficient (Wildman–Crippen LogP) is 2.85. The second-order valence-electron chi connectivity index (χ2n) is 4.04. The van der Waals surface area contributed by atoms with Gasteiger partial charge in [0.1, 0.15) is 5.56 Å². The number of nitrogens with zero attached hydrogens (tertiary/aromatic N) is 1. The Hall–Kier alpha value is -1.81. The number of fused-ring (bicyclic) bond motifs is 1. The van der Waals surface area contributed by atoms with Crippen molar-refractivity contribution in [1.82, 2.24) is 4.57 Å². The Bertz CT molecular complexity index is 691. The van der Waals surface area contributed by atoms with Crippen molar-refractivity contribution in [3.63, 3.8) is 0 Å². The lowest BCUT2D eigenvalue weighted by Gasteiger charge is -2.11. The molecule has 4 nitrogen and oxygen atoms in total. The van der Waals surface area contributed by atoms with Gasteiger partial charge in [-0.3, -0.25) is 4.79 Å². The van der Waals surface area contributed by atoms with Crippen LogP contribution in [0.2, 0.25) is 5.02 Å². The standard InChI is InChI=1S/C14H14ClNO3/c1-3-16-8-11(14(18)19-4-2)13(17)10-6-5-9(15)7-12(10)16/h5-8H,3-4H2,1-2H3. The molecule has 0 amide bonds. The molecule has 0 spiro atoms. The van der Waals surface area contributed by atoms with Crippen molar-refractivity contribution >= 4 is 28.5 Å². The number of carbonyl (C=O) groups excluding carboxylic acids is 1. The number of carbonyl (C=O) groups is 1. The lowest BCUT2D eigenvalue weighted by atomic mass is 10.1. The Kier molecular flexibility index (Phi) is 3.90. The van der Waals surface area contributed by atoms with Crippen molar-refractivity contribution < 1.29 is 9.53 Å². The van der Waals surface area contributed by atoms with Gasteiger partial charge in [-0.1, -0.05) is 11.6 Å². The third kappa shape index (κ3) is 2.49. The summed E-state index contributed by atoms with van der Waals surface area (Å²) in [6.07, 6.45) is 1.53. The first kappa shape index (κ1) is 13.6. The summed E-state index contributed by atoms with van der Waals surface area (Å²) in [5.41, 5.74) is 0.446. The van der Waals surface area contributed by atoms with Crippen molar-refractivity contribution in [2.75, 3.05) is 6.61 Å². The van der Waals surface area contributed by atoms with Crippen LogP contribution in [0.4, 0.5) is 0 Å². The van der Waals surface area contributed by atoms with Gasteiger partial charge < -0.3 is 9.30 Å². The molecule has 0 atom stereocenters. The normalized spacial score (nSPS) is 10.7. The summed E-state index contributed by atoms with van der Waals surface area (Å²) in [4.78, 5) is 24.0. The zero-order chi connectivity index (χ0) is 14.0. The summed E-state index contributed by atoms with van der Waals surface area (Å²) in [6.45, 7) is 4.50. The third-order valence-electron chi connectivity index (χ3n) is 2.88. The number of hydrogen-bond donors (Lipinski definition) is 0. The summed E-state index contributed by atoms with van der Waals surface area (Å²) >= 11 is 5.95. The second-order valence-corrected chi connectivity index (χ2v) is 4.48. The maximum absolute atomic E-state index is 12.3. The summed E-state index contributed by atoms with van der Waals surface area (Å²) in [6, 6.07) is 4.99. The third-order valence-corrected chi connectivity index (χ3v) is 3.11. The molecule has 0 aliphatic rings. The SMILES string of the molecule is CCOC(=O)c1cn(CC)c2cc(Cl)ccc2c1=O. The molecular formula is C14H14ClNO3. The minimum Gasteiger partial charge on any atom is -0.462 e. The maximum atomic E-state index is 12.3. The van der Waals surface area contributed by atoms with E-state index >= 15 is 0 Å². The lowest BCUT2D eigenvalue weighted by molar-refractivity contribution is 0.0524. The summed E-state index contributed by atoms with van der Waals surface area (Å²) in [5, 5.41) is 1.02. The van der Waals surface area contributed by atoms with Crippen molar-refractivity contribution in [1.29, 1.82) is 0 Å². The van der Waals surface area contributed by atoms with Crippen LogP contribution in [-0.4, -0.2) is 17.1 Å². The van der Waals surface area contributed by atoms with E-state index in [1.54, 1.807) is 25.1 Å². The van der Waals surface area contributed by atoms with E-state index in [1.165, 1.54) is 6.20 Å². The lowest BCUT2D eigenvalue weighted by Crippen LogP contribution is -2.20. The highest BCUT2D eigenvalue weighted by molar-refractivity contribution is 6.31. The zero-order valence-corrected chi connectivity index (χ0v) is 11.5. The number of esters is 1. The molecule has 1 aromatic heterocycles. The van der Waals surface area contributed by atoms with Gasteiger partial charge in [0.2, 0.25) is 5.43 Å². The quantitative estimate of drug-likeness (QED) is 0.812. The van der Waals surface area contributed by atoms with Crippen LogP contribution >= 0.6 is 11.6 Å². The number of hydrogen-bond acceptors (Lipinski definition) is 3. The summed E-state index contributed by atoms with van der Waals surface area (Å²) < 4.78 is 6.72. The van der Waals surface area contributed by atoms with E-state index in [0.717, 1.165) is 0 Å². The Morgan fingerprint density at radius 1 is 1.37 bits per heavy atom. The summed E-state index contributed by atoms with van der Waals surface area (Å²) in [7, 11) is 0. The van der Waals surface area contributed by atoms with E-state index in [0.29, 0.717) is 22.5 Å². The van der Waals surface area contributed by atoms with E-state index < -0.39 is 5.97 Å². The van der Waals surface area contributed by atoms with E-state index in [4.69, 9.17) is 16.3 Å². The minimum atomic E-state index is -0.591. The smallest absolute Gasteiger partial charge is 0.343 e. The Balaban J connectivity index is 2.76. The molecule has 0 aliphatic heterocycles. The number of benzene rings is 1. The molecule has 0 radical (unpaired) electrons. The molecule has 5 heteroatoms. The molecule has 1 aromatic carbocycles. The molecule has 1 heterocycles. The molecule has 19 heavy (non-hydrogen) atoms. The topological polar surface area (TPSA) is 48.3 Å². The first-order chi connectivity index (χ1) is 9.08. The van der Waals surface area contributed by atoms with E-state index in [-0.39, 0.29) is 17.6 Å². The van der Waals surface area contributed by atoms with Crippen molar-refractivity contribution in [2.45, 2.75) is 20.4 Å². The van der Waals surface area contributed by atoms with E-state index in [2.05, 4.69) is 0 Å². The largest absolute Gasteiger partial charge is 0.462 e. The molecular weight excluding hydrogens is 266 g/mol. The molecule has 100 valence electrons. The van der Waals surface area contributed by atoms with Gasteiger partial charge in [-0.15, -0.1) is 0 Å². The molecule has 0 bridgehead atoms. The van der Waals surface area contributed by atoms with Crippen LogP contribution < -0.4 is 5.43 Å². The molecule has 0 unspecified atom stereocenters. The Morgan fingerprint density at radius 2 is 2.11 bits per heavy atom. The van der Waals surface area contributed by atoms with Crippen LogP contribution in [0, 0.1) is 0 Å². The highest BCUT2D eigenvalue weighted by atomic mass is 35.5. The molecule has 2 rings (SSSR count). The van der Waals surface area contributed by atoms with Gasteiger partial charge in [-0.25, -0.2) is 4.79 Å². The molecule has 0 saturated heterocycles. The fourth-order valence-electron chi connectivity index (χ4n) is 1.98. The molecule has 2 aromatic rings. The first-order valence-electron chi connectivity index (χ1n) is 6.08. The van der Waals surface area contributed by atoms with Gasteiger partial charge in [0.05, 0.1) is 12.1 Å². The number of aryl methyl sites for hydroxylation is 1. The highest BCUT2D eigenvalue weighted by Crippen LogP contribution is 2.18. The number of pyridine rings is 1. The zero-order valence-electron chi connectivity index (χ0n) is 10.8. The van der Waals surface area contributed by atoms with Crippen LogP contribution in [0.5, 0.6) is 0 Å². The van der Waals surface area contributed by atoms with E-state index in [9.17, 15) is 9.59 Å². The predicted molar refractivity (Wildman–Crippen MR) is 74.8 cm³/mol. The van der Waals surface area contributed by atoms with Gasteiger partial charge in [-0.05, 0) is 32.0 Å². The number of ether oxygens (including phenoxy) is 1. The molecule has 0 fully saturated rings. The van der Waals surface area contributed by atoms with Crippen LogP contribution in [-0.2, 0) is 11.3 Å². The van der Waals surface area contributed by atoms with Gasteiger partial charge in [-0.2, -0.15) is 0 Å². The van der Waals surface area contributed by atoms with Crippen LogP contribution in [0.15, 0.2) is 29.2 Å². The fraction of sp³-hybridized carbons (Fsp3) is 0.286. The summed E-state index contributed by atoms with van der Waals surface area (Å²) in [5.74, 6) is -0.591. The van der Waals surface area contributed by atoms with Gasteiger partial charge in [0.25, 0.3) is 0 Å². The second kappa shape index (κ2) is 5.45. The number of halogens is 1. The highest BCUT2D eigenvalue weighted by Gasteiger charge is 2.16. The number of aromatic nitrogens is 1. The van der Waals surface area contributed by atoms with E-state index in [1.807, 2.05) is 11.5 Å².